The number of fused-ring (bicyclic) bond motifs is 3. The fraction of sp³-hybridized carbons (Fsp3) is 0.111. The van der Waals surface area contributed by atoms with Crippen LogP contribution < -0.4 is 5.73 Å². The van der Waals surface area contributed by atoms with Crippen molar-refractivity contribution in [3.05, 3.63) is 60.2 Å². The summed E-state index contributed by atoms with van der Waals surface area (Å²) in [6, 6.07) is 12.8. The number of benzene rings is 2. The number of nitrogen functional groups attached to an aromatic ring is 1. The van der Waals surface area contributed by atoms with Crippen molar-refractivity contribution in [2.45, 2.75) is 12.8 Å². The molecule has 1 aliphatic rings. The SMILES string of the molecule is Nc1ccc2c(sc3ccccc32)c1C1=CC=CCC1. The van der Waals surface area contributed by atoms with E-state index in [1.165, 1.54) is 31.3 Å². The van der Waals surface area contributed by atoms with Crippen LogP contribution in [0, 0.1) is 0 Å². The molecule has 0 aliphatic heterocycles. The maximum Gasteiger partial charge on any atom is 0.0451 e. The maximum absolute atomic E-state index is 6.28. The zero-order chi connectivity index (χ0) is 13.5. The Morgan fingerprint density at radius 2 is 1.90 bits per heavy atom. The Kier molecular flexibility index (Phi) is 2.64. The number of nitrogens with two attached hydrogens (primary N) is 1. The third kappa shape index (κ3) is 1.69. The van der Waals surface area contributed by atoms with E-state index in [0.29, 0.717) is 0 Å². The van der Waals surface area contributed by atoms with Crippen LogP contribution in [0.2, 0.25) is 0 Å². The lowest BCUT2D eigenvalue weighted by Crippen LogP contribution is -1.95. The molecule has 2 N–H and O–H groups in total. The summed E-state index contributed by atoms with van der Waals surface area (Å²) in [4.78, 5) is 0. The van der Waals surface area contributed by atoms with E-state index in [9.17, 15) is 0 Å². The second-order valence-corrected chi connectivity index (χ2v) is 6.22. The van der Waals surface area contributed by atoms with Crippen molar-refractivity contribution in [3.8, 4) is 0 Å². The van der Waals surface area contributed by atoms with Gasteiger partial charge in [0.05, 0.1) is 0 Å². The summed E-state index contributed by atoms with van der Waals surface area (Å²) in [6.07, 6.45) is 8.74. The zero-order valence-corrected chi connectivity index (χ0v) is 11.9. The van der Waals surface area contributed by atoms with Crippen LogP contribution in [0.3, 0.4) is 0 Å². The molecule has 0 amide bonds. The van der Waals surface area contributed by atoms with Crippen LogP contribution in [-0.2, 0) is 0 Å². The van der Waals surface area contributed by atoms with Crippen molar-refractivity contribution in [1.82, 2.24) is 0 Å². The van der Waals surface area contributed by atoms with Gasteiger partial charge in [-0.1, -0.05) is 42.5 Å². The minimum absolute atomic E-state index is 0.894. The third-order valence-corrected chi connectivity index (χ3v) is 5.12. The first-order valence-corrected chi connectivity index (χ1v) is 7.72. The Labute approximate surface area is 122 Å². The minimum Gasteiger partial charge on any atom is -0.398 e. The normalized spacial score (nSPS) is 14.9. The van der Waals surface area contributed by atoms with Crippen molar-refractivity contribution in [2.75, 3.05) is 5.73 Å². The predicted molar refractivity (Wildman–Crippen MR) is 90.1 cm³/mol. The van der Waals surface area contributed by atoms with Crippen LogP contribution in [0.25, 0.3) is 25.7 Å². The Hall–Kier alpha value is -2.06. The molecule has 1 nitrogen and oxygen atoms in total. The molecule has 3 aromatic rings. The quantitative estimate of drug-likeness (QED) is 0.594. The molecular formula is C18H15NS. The maximum atomic E-state index is 6.28. The molecule has 98 valence electrons. The van der Waals surface area contributed by atoms with E-state index in [4.69, 9.17) is 5.73 Å². The Bertz CT molecular complexity index is 868. The summed E-state index contributed by atoms with van der Waals surface area (Å²) in [5, 5.41) is 2.66. The molecule has 0 bridgehead atoms. The molecule has 1 aliphatic carbocycles. The Morgan fingerprint density at radius 1 is 1.00 bits per heavy atom. The summed E-state index contributed by atoms with van der Waals surface area (Å²) in [6.45, 7) is 0. The highest BCUT2D eigenvalue weighted by Crippen LogP contribution is 2.42. The monoisotopic (exact) mass is 277 g/mol. The average Bonchev–Trinajstić information content (AvgIpc) is 2.86. The first-order valence-electron chi connectivity index (χ1n) is 6.90. The smallest absolute Gasteiger partial charge is 0.0451 e. The van der Waals surface area contributed by atoms with Gasteiger partial charge in [-0.3, -0.25) is 0 Å². The van der Waals surface area contributed by atoms with E-state index in [0.717, 1.165) is 18.5 Å². The molecule has 0 saturated heterocycles. The lowest BCUT2D eigenvalue weighted by Gasteiger charge is -2.13. The van der Waals surface area contributed by atoms with Gasteiger partial charge in [-0.2, -0.15) is 0 Å². The molecular weight excluding hydrogens is 262 g/mol. The summed E-state index contributed by atoms with van der Waals surface area (Å²) in [5.41, 5.74) is 9.78. The van der Waals surface area contributed by atoms with E-state index in [2.05, 4.69) is 54.6 Å². The van der Waals surface area contributed by atoms with Gasteiger partial charge in [0.2, 0.25) is 0 Å². The molecule has 0 radical (unpaired) electrons. The molecule has 0 atom stereocenters. The highest BCUT2D eigenvalue weighted by Gasteiger charge is 2.15. The minimum atomic E-state index is 0.894. The summed E-state index contributed by atoms with van der Waals surface area (Å²) < 4.78 is 2.66. The average molecular weight is 277 g/mol. The van der Waals surface area contributed by atoms with Crippen LogP contribution >= 0.6 is 11.3 Å². The zero-order valence-electron chi connectivity index (χ0n) is 11.1. The number of anilines is 1. The van der Waals surface area contributed by atoms with Gasteiger partial charge < -0.3 is 5.73 Å². The molecule has 2 heteroatoms. The van der Waals surface area contributed by atoms with Gasteiger partial charge in [0.1, 0.15) is 0 Å². The van der Waals surface area contributed by atoms with E-state index in [1.54, 1.807) is 0 Å². The molecule has 0 fully saturated rings. The van der Waals surface area contributed by atoms with Crippen LogP contribution in [0.5, 0.6) is 0 Å². The van der Waals surface area contributed by atoms with Crippen LogP contribution in [0.4, 0.5) is 5.69 Å². The van der Waals surface area contributed by atoms with Crippen molar-refractivity contribution in [3.63, 3.8) is 0 Å². The van der Waals surface area contributed by atoms with E-state index < -0.39 is 0 Å². The number of thiophene rings is 1. The molecule has 2 aromatic carbocycles. The molecule has 0 unspecified atom stereocenters. The first kappa shape index (κ1) is 11.7. The van der Waals surface area contributed by atoms with Crippen molar-refractivity contribution < 1.29 is 0 Å². The Morgan fingerprint density at radius 3 is 2.75 bits per heavy atom. The van der Waals surface area contributed by atoms with Gasteiger partial charge in [-0.15, -0.1) is 11.3 Å². The molecule has 1 aromatic heterocycles. The van der Waals surface area contributed by atoms with Crippen molar-refractivity contribution >= 4 is 42.8 Å². The van der Waals surface area contributed by atoms with Gasteiger partial charge in [0.15, 0.2) is 0 Å². The molecule has 4 rings (SSSR count). The molecule has 0 saturated carbocycles. The third-order valence-electron chi connectivity index (χ3n) is 3.91. The predicted octanol–water partition coefficient (Wildman–Crippen LogP) is 5.37. The Balaban J connectivity index is 2.11. The number of allylic oxidation sites excluding steroid dienone is 4. The van der Waals surface area contributed by atoms with Crippen molar-refractivity contribution in [1.29, 1.82) is 0 Å². The largest absolute Gasteiger partial charge is 0.398 e. The molecule has 0 spiro atoms. The topological polar surface area (TPSA) is 26.0 Å². The fourth-order valence-corrected chi connectivity index (χ4v) is 4.24. The van der Waals surface area contributed by atoms with Gasteiger partial charge in [0.25, 0.3) is 0 Å². The fourth-order valence-electron chi connectivity index (χ4n) is 2.95. The second kappa shape index (κ2) is 4.50. The van der Waals surface area contributed by atoms with Crippen LogP contribution in [-0.4, -0.2) is 0 Å². The second-order valence-electron chi connectivity index (χ2n) is 5.16. The highest BCUT2D eigenvalue weighted by atomic mass is 32.1. The lowest BCUT2D eigenvalue weighted by molar-refractivity contribution is 1.06. The standard InChI is InChI=1S/C18H15NS/c19-15-11-10-14-13-8-4-5-9-16(13)20-18(14)17(15)12-6-2-1-3-7-12/h1-2,4-6,8-11H,3,7,19H2. The summed E-state index contributed by atoms with van der Waals surface area (Å²) in [5.74, 6) is 0. The lowest BCUT2D eigenvalue weighted by atomic mass is 9.94. The molecule has 1 heterocycles. The highest BCUT2D eigenvalue weighted by molar-refractivity contribution is 7.26. The van der Waals surface area contributed by atoms with Gasteiger partial charge >= 0.3 is 0 Å². The van der Waals surface area contributed by atoms with Gasteiger partial charge in [-0.25, -0.2) is 0 Å². The van der Waals surface area contributed by atoms with Crippen LogP contribution in [0.1, 0.15) is 18.4 Å². The van der Waals surface area contributed by atoms with Gasteiger partial charge in [0, 0.05) is 31.4 Å². The number of hydrogen-bond acceptors (Lipinski definition) is 2. The van der Waals surface area contributed by atoms with E-state index in [1.807, 2.05) is 11.3 Å². The number of rotatable bonds is 1. The summed E-state index contributed by atoms with van der Waals surface area (Å²) in [7, 11) is 0. The van der Waals surface area contributed by atoms with Gasteiger partial charge in [-0.05, 0) is 30.5 Å². The van der Waals surface area contributed by atoms with E-state index in [-0.39, 0.29) is 0 Å². The summed E-state index contributed by atoms with van der Waals surface area (Å²) >= 11 is 1.85. The first-order chi connectivity index (χ1) is 9.84. The molecule has 20 heavy (non-hydrogen) atoms. The van der Waals surface area contributed by atoms with E-state index >= 15 is 0 Å². The van der Waals surface area contributed by atoms with Crippen LogP contribution in [0.15, 0.2) is 54.6 Å². The van der Waals surface area contributed by atoms with Crippen molar-refractivity contribution in [2.24, 2.45) is 0 Å². The number of hydrogen-bond donors (Lipinski definition) is 1.